The highest BCUT2D eigenvalue weighted by Crippen LogP contribution is 2.17. The van der Waals surface area contributed by atoms with Gasteiger partial charge in [0, 0.05) is 13.7 Å². The maximum absolute atomic E-state index is 11.7. The molecule has 0 atom stereocenters. The van der Waals surface area contributed by atoms with Gasteiger partial charge in [0.1, 0.15) is 5.54 Å². The molecule has 0 aromatic heterocycles. The van der Waals surface area contributed by atoms with Gasteiger partial charge in [0.25, 0.3) is 0 Å². The van der Waals surface area contributed by atoms with Crippen LogP contribution in [0.5, 0.6) is 0 Å². The van der Waals surface area contributed by atoms with Crippen molar-refractivity contribution >= 4 is 11.8 Å². The predicted octanol–water partition coefficient (Wildman–Crippen LogP) is -0.614. The molecular weight excluding hydrogens is 224 g/mol. The highest BCUT2D eigenvalue weighted by Gasteiger charge is 2.41. The van der Waals surface area contributed by atoms with Crippen LogP contribution in [-0.2, 0) is 19.1 Å². The minimum absolute atomic E-state index is 0.0698. The Bertz CT molecular complexity index is 291. The molecule has 1 rings (SSSR count). The third-order valence-corrected chi connectivity index (χ3v) is 2.82. The Labute approximate surface area is 101 Å². The molecule has 0 aromatic carbocycles. The molecule has 0 spiro atoms. The molecule has 1 aliphatic rings. The summed E-state index contributed by atoms with van der Waals surface area (Å²) in [6, 6.07) is 0. The Morgan fingerprint density at radius 1 is 1.29 bits per heavy atom. The number of amides is 2. The Balaban J connectivity index is 2.43. The first-order valence-corrected chi connectivity index (χ1v) is 5.65. The topological polar surface area (TPSA) is 67.9 Å². The lowest BCUT2D eigenvalue weighted by Gasteiger charge is -2.40. The minimum Gasteiger partial charge on any atom is -0.382 e. The summed E-state index contributed by atoms with van der Waals surface area (Å²) >= 11 is 0. The molecule has 0 saturated carbocycles. The van der Waals surface area contributed by atoms with E-state index in [2.05, 4.69) is 5.32 Å². The maximum Gasteiger partial charge on any atom is 0.245 e. The first-order chi connectivity index (χ1) is 8.00. The molecule has 6 heteroatoms. The molecule has 1 fully saturated rings. The Morgan fingerprint density at radius 3 is 2.65 bits per heavy atom. The number of rotatable bonds is 6. The highest BCUT2D eigenvalue weighted by atomic mass is 16.5. The summed E-state index contributed by atoms with van der Waals surface area (Å²) in [6.07, 6.45) is 0. The van der Waals surface area contributed by atoms with Crippen molar-refractivity contribution < 1.29 is 19.1 Å². The standard InChI is InChI=1S/C11H20N2O4/c1-11(2)10(15)12-8-9(14)13(11)4-5-17-7-6-16-3/h4-8H2,1-3H3,(H,12,15). The fourth-order valence-electron chi connectivity index (χ4n) is 1.71. The Morgan fingerprint density at radius 2 is 2.00 bits per heavy atom. The lowest BCUT2D eigenvalue weighted by molar-refractivity contribution is -0.152. The summed E-state index contributed by atoms with van der Waals surface area (Å²) in [5.41, 5.74) is -0.806. The van der Waals surface area contributed by atoms with Gasteiger partial charge in [0.2, 0.25) is 11.8 Å². The quantitative estimate of drug-likeness (QED) is 0.633. The number of methoxy groups -OCH3 is 1. The van der Waals surface area contributed by atoms with E-state index in [4.69, 9.17) is 9.47 Å². The molecule has 1 saturated heterocycles. The van der Waals surface area contributed by atoms with Crippen molar-refractivity contribution in [1.29, 1.82) is 0 Å². The predicted molar refractivity (Wildman–Crippen MR) is 61.5 cm³/mol. The molecule has 98 valence electrons. The van der Waals surface area contributed by atoms with E-state index in [1.54, 1.807) is 25.9 Å². The van der Waals surface area contributed by atoms with Gasteiger partial charge in [-0.2, -0.15) is 0 Å². The van der Waals surface area contributed by atoms with Gasteiger partial charge >= 0.3 is 0 Å². The number of piperazine rings is 1. The lowest BCUT2D eigenvalue weighted by atomic mass is 9.99. The molecule has 0 bridgehead atoms. The van der Waals surface area contributed by atoms with Gasteiger partial charge in [-0.15, -0.1) is 0 Å². The van der Waals surface area contributed by atoms with E-state index in [0.29, 0.717) is 26.4 Å². The second kappa shape index (κ2) is 5.97. The van der Waals surface area contributed by atoms with Crippen molar-refractivity contribution in [2.75, 3.05) is 40.0 Å². The average molecular weight is 244 g/mol. The summed E-state index contributed by atoms with van der Waals surface area (Å²) in [4.78, 5) is 24.9. The largest absolute Gasteiger partial charge is 0.382 e. The molecular formula is C11H20N2O4. The zero-order valence-corrected chi connectivity index (χ0v) is 10.6. The second-order valence-corrected chi connectivity index (χ2v) is 4.39. The van der Waals surface area contributed by atoms with Crippen molar-refractivity contribution in [3.63, 3.8) is 0 Å². The van der Waals surface area contributed by atoms with E-state index in [1.165, 1.54) is 0 Å². The molecule has 0 aromatic rings. The van der Waals surface area contributed by atoms with Gasteiger partial charge in [0.05, 0.1) is 26.4 Å². The number of hydrogen-bond acceptors (Lipinski definition) is 4. The summed E-state index contributed by atoms with van der Waals surface area (Å²) in [5.74, 6) is -0.209. The third kappa shape index (κ3) is 3.41. The van der Waals surface area contributed by atoms with Crippen molar-refractivity contribution in [3.8, 4) is 0 Å². The van der Waals surface area contributed by atoms with Crippen molar-refractivity contribution in [3.05, 3.63) is 0 Å². The molecule has 2 amide bonds. The van der Waals surface area contributed by atoms with Crippen LogP contribution in [0.4, 0.5) is 0 Å². The SMILES string of the molecule is COCCOCCN1C(=O)CNC(=O)C1(C)C. The van der Waals surface area contributed by atoms with E-state index in [1.807, 2.05) is 0 Å². The molecule has 0 radical (unpaired) electrons. The van der Waals surface area contributed by atoms with Gasteiger partial charge in [-0.25, -0.2) is 0 Å². The first kappa shape index (κ1) is 13.9. The molecule has 1 aliphatic heterocycles. The smallest absolute Gasteiger partial charge is 0.245 e. The molecule has 0 unspecified atom stereocenters. The first-order valence-electron chi connectivity index (χ1n) is 5.65. The maximum atomic E-state index is 11.7. The van der Waals surface area contributed by atoms with Crippen molar-refractivity contribution in [1.82, 2.24) is 10.2 Å². The van der Waals surface area contributed by atoms with Crippen molar-refractivity contribution in [2.24, 2.45) is 0 Å². The van der Waals surface area contributed by atoms with E-state index in [-0.39, 0.29) is 18.4 Å². The summed E-state index contributed by atoms with van der Waals surface area (Å²) in [7, 11) is 1.60. The summed E-state index contributed by atoms with van der Waals surface area (Å²) in [5, 5.41) is 2.57. The third-order valence-electron chi connectivity index (χ3n) is 2.82. The Kier molecular flexibility index (Phi) is 4.89. The zero-order valence-electron chi connectivity index (χ0n) is 10.6. The second-order valence-electron chi connectivity index (χ2n) is 4.39. The monoisotopic (exact) mass is 244 g/mol. The molecule has 0 aliphatic carbocycles. The number of carbonyl (C=O) groups is 2. The van der Waals surface area contributed by atoms with Crippen molar-refractivity contribution in [2.45, 2.75) is 19.4 Å². The number of nitrogens with zero attached hydrogens (tertiary/aromatic N) is 1. The van der Waals surface area contributed by atoms with Crippen LogP contribution in [0.25, 0.3) is 0 Å². The van der Waals surface area contributed by atoms with E-state index < -0.39 is 5.54 Å². The van der Waals surface area contributed by atoms with E-state index in [9.17, 15) is 9.59 Å². The van der Waals surface area contributed by atoms with Crippen LogP contribution >= 0.6 is 0 Å². The van der Waals surface area contributed by atoms with Gasteiger partial charge in [-0.05, 0) is 13.8 Å². The van der Waals surface area contributed by atoms with Gasteiger partial charge in [-0.1, -0.05) is 0 Å². The van der Waals surface area contributed by atoms with Crippen LogP contribution in [0.3, 0.4) is 0 Å². The van der Waals surface area contributed by atoms with E-state index in [0.717, 1.165) is 0 Å². The summed E-state index contributed by atoms with van der Waals surface area (Å²) < 4.78 is 10.1. The van der Waals surface area contributed by atoms with E-state index >= 15 is 0 Å². The number of hydrogen-bond donors (Lipinski definition) is 1. The van der Waals surface area contributed by atoms with Crippen LogP contribution in [0.15, 0.2) is 0 Å². The van der Waals surface area contributed by atoms with Crippen LogP contribution < -0.4 is 5.32 Å². The summed E-state index contributed by atoms with van der Waals surface area (Å²) in [6.45, 7) is 5.38. The highest BCUT2D eigenvalue weighted by molar-refractivity contribution is 5.97. The van der Waals surface area contributed by atoms with Crippen LogP contribution in [-0.4, -0.2) is 62.3 Å². The Hall–Kier alpha value is -1.14. The normalized spacial score (nSPS) is 19.4. The molecule has 1 N–H and O–H groups in total. The van der Waals surface area contributed by atoms with Gasteiger partial charge in [0.15, 0.2) is 0 Å². The lowest BCUT2D eigenvalue weighted by Crippen LogP contribution is -2.64. The molecule has 1 heterocycles. The number of nitrogens with one attached hydrogen (secondary N) is 1. The zero-order chi connectivity index (χ0) is 12.9. The molecule has 17 heavy (non-hydrogen) atoms. The van der Waals surface area contributed by atoms with Crippen LogP contribution in [0, 0.1) is 0 Å². The fraction of sp³-hybridized carbons (Fsp3) is 0.818. The average Bonchev–Trinajstić information content (AvgIpc) is 2.28. The number of ether oxygens (including phenoxy) is 2. The van der Waals surface area contributed by atoms with Gasteiger partial charge < -0.3 is 19.7 Å². The van der Waals surface area contributed by atoms with Gasteiger partial charge in [-0.3, -0.25) is 9.59 Å². The molecule has 6 nitrogen and oxygen atoms in total. The van der Waals surface area contributed by atoms with Crippen LogP contribution in [0.1, 0.15) is 13.8 Å². The number of carbonyl (C=O) groups excluding carboxylic acids is 2. The minimum atomic E-state index is -0.806. The fourth-order valence-corrected chi connectivity index (χ4v) is 1.71. The van der Waals surface area contributed by atoms with Crippen LogP contribution in [0.2, 0.25) is 0 Å².